The van der Waals surface area contributed by atoms with Crippen molar-refractivity contribution in [1.29, 1.82) is 5.41 Å². The van der Waals surface area contributed by atoms with Crippen LogP contribution < -0.4 is 23.0 Å². The summed E-state index contributed by atoms with van der Waals surface area (Å²) in [5, 5.41) is 17.1. The normalized spacial score (nSPS) is 22.7. The van der Waals surface area contributed by atoms with Crippen LogP contribution in [-0.2, 0) is 9.53 Å². The zero-order valence-electron chi connectivity index (χ0n) is 12.9. The van der Waals surface area contributed by atoms with Gasteiger partial charge in [0, 0.05) is 11.4 Å². The van der Waals surface area contributed by atoms with Crippen molar-refractivity contribution in [1.82, 2.24) is 5.01 Å². The molecule has 1 rings (SSSR count). The number of guanidine groups is 1. The highest BCUT2D eigenvalue weighted by Crippen LogP contribution is 2.25. The number of hydrogen-bond acceptors (Lipinski definition) is 8. The minimum absolute atomic E-state index is 0.0631. The van der Waals surface area contributed by atoms with Crippen molar-refractivity contribution in [3.63, 3.8) is 0 Å². The Balaban J connectivity index is 3.02. The topological polar surface area (TPSA) is 190 Å². The Morgan fingerprint density at radius 1 is 1.48 bits per heavy atom. The third kappa shape index (κ3) is 5.10. The summed E-state index contributed by atoms with van der Waals surface area (Å²) < 4.78 is 5.40. The Kier molecular flexibility index (Phi) is 7.29. The van der Waals surface area contributed by atoms with Crippen LogP contribution in [0, 0.1) is 5.41 Å². The number of amides is 1. The number of aliphatic hydroxyl groups excluding tert-OH is 1. The molecule has 11 heteroatoms. The Bertz CT molecular complexity index is 523. The summed E-state index contributed by atoms with van der Waals surface area (Å²) in [7, 11) is 0. The minimum atomic E-state index is -0.763. The first-order valence-corrected chi connectivity index (χ1v) is 8.00. The molecule has 0 aliphatic carbocycles. The van der Waals surface area contributed by atoms with Crippen molar-refractivity contribution >= 4 is 29.3 Å². The van der Waals surface area contributed by atoms with Gasteiger partial charge in [0.1, 0.15) is 5.44 Å². The van der Waals surface area contributed by atoms with Gasteiger partial charge in [0.05, 0.1) is 12.3 Å². The van der Waals surface area contributed by atoms with E-state index in [9.17, 15) is 4.79 Å². The van der Waals surface area contributed by atoms with Crippen molar-refractivity contribution in [3.8, 4) is 0 Å². The Labute approximate surface area is 138 Å². The molecular formula is C12H23N7O3S. The lowest BCUT2D eigenvalue weighted by atomic mass is 10.1. The van der Waals surface area contributed by atoms with Crippen molar-refractivity contribution in [2.75, 3.05) is 12.4 Å². The Morgan fingerprint density at radius 3 is 2.61 bits per heavy atom. The van der Waals surface area contributed by atoms with Crippen molar-refractivity contribution in [2.24, 2.45) is 28.0 Å². The van der Waals surface area contributed by atoms with E-state index in [0.717, 1.165) is 11.4 Å². The summed E-state index contributed by atoms with van der Waals surface area (Å²) >= 11 is 1.32. The quantitative estimate of drug-likeness (QED) is 0.108. The van der Waals surface area contributed by atoms with Gasteiger partial charge >= 0.3 is 0 Å². The molecule has 0 saturated carbocycles. The molecule has 1 aliphatic rings. The second-order valence-electron chi connectivity index (χ2n) is 4.78. The van der Waals surface area contributed by atoms with Crippen molar-refractivity contribution < 1.29 is 14.6 Å². The number of ether oxygens (including phenoxy) is 1. The number of nitrogens with one attached hydrogen (secondary N) is 1. The molecule has 10 N–H and O–H groups in total. The van der Waals surface area contributed by atoms with Crippen molar-refractivity contribution in [2.45, 2.75) is 31.4 Å². The van der Waals surface area contributed by atoms with Gasteiger partial charge in [0.25, 0.3) is 5.91 Å². The number of nitrogens with two attached hydrogens (primary N) is 4. The van der Waals surface area contributed by atoms with E-state index in [1.807, 2.05) is 6.92 Å². The maximum atomic E-state index is 12.5. The molecule has 2 atom stereocenters. The van der Waals surface area contributed by atoms with E-state index in [-0.39, 0.29) is 23.7 Å². The van der Waals surface area contributed by atoms with Gasteiger partial charge in [-0.25, -0.2) is 15.8 Å². The number of aliphatic imine (C=N–C) groups is 1. The van der Waals surface area contributed by atoms with E-state index in [0.29, 0.717) is 12.2 Å². The predicted octanol–water partition coefficient (Wildman–Crippen LogP) is -1.64. The van der Waals surface area contributed by atoms with Gasteiger partial charge in [-0.15, -0.1) is 11.8 Å². The molecule has 1 amide bonds. The van der Waals surface area contributed by atoms with E-state index < -0.39 is 23.5 Å². The summed E-state index contributed by atoms with van der Waals surface area (Å²) in [6.45, 7) is 1.71. The maximum absolute atomic E-state index is 12.5. The van der Waals surface area contributed by atoms with Crippen LogP contribution in [0.1, 0.15) is 19.8 Å². The fourth-order valence-corrected chi connectivity index (χ4v) is 2.77. The number of nitrogens with zero attached hydrogens (tertiary/aromatic N) is 2. The molecule has 10 nitrogen and oxygen atoms in total. The summed E-state index contributed by atoms with van der Waals surface area (Å²) in [5.74, 6) is 4.81. The summed E-state index contributed by atoms with van der Waals surface area (Å²) in [6, 6.07) is 0. The van der Waals surface area contributed by atoms with Gasteiger partial charge in [0.15, 0.2) is 11.9 Å². The molecule has 0 spiro atoms. The molecule has 0 aromatic rings. The number of hydrazine groups is 1. The van der Waals surface area contributed by atoms with Crippen LogP contribution in [-0.4, -0.2) is 51.7 Å². The lowest BCUT2D eigenvalue weighted by Crippen LogP contribution is -2.51. The molecule has 1 heterocycles. The third-order valence-electron chi connectivity index (χ3n) is 2.98. The number of hydrogen-bond donors (Lipinski definition) is 6. The first-order chi connectivity index (χ1) is 10.8. The number of thioether (sulfide) groups is 1. The summed E-state index contributed by atoms with van der Waals surface area (Å²) in [6.07, 6.45) is 0.436. The highest BCUT2D eigenvalue weighted by Gasteiger charge is 2.34. The van der Waals surface area contributed by atoms with E-state index >= 15 is 0 Å². The average molecular weight is 345 g/mol. The van der Waals surface area contributed by atoms with E-state index in [4.69, 9.17) is 38.3 Å². The molecule has 2 unspecified atom stereocenters. The lowest BCUT2D eigenvalue weighted by molar-refractivity contribution is -0.138. The number of aliphatic hydroxyl groups is 1. The van der Waals surface area contributed by atoms with Gasteiger partial charge in [-0.3, -0.25) is 10.2 Å². The number of carbonyl (C=O) groups is 1. The first kappa shape index (κ1) is 19.2. The fraction of sp³-hybridized carbons (Fsp3) is 0.583. The molecule has 1 saturated heterocycles. The van der Waals surface area contributed by atoms with Gasteiger partial charge in [0.2, 0.25) is 5.96 Å². The van der Waals surface area contributed by atoms with Gasteiger partial charge in [-0.05, 0) is 6.42 Å². The van der Waals surface area contributed by atoms with Crippen LogP contribution in [0.2, 0.25) is 0 Å². The molecule has 0 radical (unpaired) electrons. The smallest absolute Gasteiger partial charge is 0.291 e. The van der Waals surface area contributed by atoms with E-state index in [1.165, 1.54) is 11.8 Å². The van der Waals surface area contributed by atoms with E-state index in [1.54, 1.807) is 0 Å². The zero-order valence-corrected chi connectivity index (χ0v) is 13.7. The molecule has 0 aromatic carbocycles. The third-order valence-corrected chi connectivity index (χ3v) is 4.09. The SMILES string of the molecule is CCCC(N)=C(N)C(=NC(=N)N)C(=O)N(N)C1CSC(CO)O1. The van der Waals surface area contributed by atoms with Crippen LogP contribution in [0.5, 0.6) is 0 Å². The van der Waals surface area contributed by atoms with Crippen LogP contribution in [0.15, 0.2) is 16.4 Å². The van der Waals surface area contributed by atoms with E-state index in [2.05, 4.69) is 4.99 Å². The molecule has 130 valence electrons. The molecule has 1 aliphatic heterocycles. The summed E-state index contributed by atoms with van der Waals surface area (Å²) in [4.78, 5) is 16.2. The molecule has 23 heavy (non-hydrogen) atoms. The Morgan fingerprint density at radius 2 is 2.13 bits per heavy atom. The van der Waals surface area contributed by atoms with Crippen LogP contribution >= 0.6 is 11.8 Å². The zero-order chi connectivity index (χ0) is 17.6. The molecule has 0 bridgehead atoms. The first-order valence-electron chi connectivity index (χ1n) is 6.95. The lowest BCUT2D eigenvalue weighted by Gasteiger charge is -2.24. The number of allylic oxidation sites excluding steroid dienone is 1. The average Bonchev–Trinajstić information content (AvgIpc) is 2.99. The summed E-state index contributed by atoms with van der Waals surface area (Å²) in [5.41, 5.74) is 16.4. The minimum Gasteiger partial charge on any atom is -0.400 e. The highest BCUT2D eigenvalue weighted by molar-refractivity contribution is 8.00. The van der Waals surface area contributed by atoms with Crippen LogP contribution in [0.4, 0.5) is 0 Å². The second kappa shape index (κ2) is 8.72. The monoisotopic (exact) mass is 345 g/mol. The molecular weight excluding hydrogens is 322 g/mol. The van der Waals surface area contributed by atoms with Gasteiger partial charge in [-0.2, -0.15) is 0 Å². The number of rotatable bonds is 6. The van der Waals surface area contributed by atoms with Crippen LogP contribution in [0.3, 0.4) is 0 Å². The van der Waals surface area contributed by atoms with Crippen LogP contribution in [0.25, 0.3) is 0 Å². The van der Waals surface area contributed by atoms with Crippen molar-refractivity contribution in [3.05, 3.63) is 11.4 Å². The largest absolute Gasteiger partial charge is 0.400 e. The van der Waals surface area contributed by atoms with Gasteiger partial charge < -0.3 is 27.0 Å². The molecule has 1 fully saturated rings. The maximum Gasteiger partial charge on any atom is 0.291 e. The predicted molar refractivity (Wildman–Crippen MR) is 88.9 cm³/mol. The highest BCUT2D eigenvalue weighted by atomic mass is 32.2. The second-order valence-corrected chi connectivity index (χ2v) is 5.98. The fourth-order valence-electron chi connectivity index (χ4n) is 1.84. The standard InChI is InChI=1S/C12H23N7O3S/c1-2-3-6(13)9(14)10(18-12(15)16)11(21)19(17)7-5-23-8(4-20)22-7/h7-8,20H,2-5,13-14,17H2,1H3,(H3,15,16). The Hall–Kier alpha value is -1.82. The number of carbonyl (C=O) groups excluding carboxylic acids is 1. The van der Waals surface area contributed by atoms with Gasteiger partial charge in [-0.1, -0.05) is 13.3 Å². The molecule has 0 aromatic heterocycles.